The Morgan fingerprint density at radius 2 is 1.90 bits per heavy atom. The molecule has 1 saturated carbocycles. The molecule has 118 valence electrons. The molecule has 1 fully saturated rings. The van der Waals surface area contributed by atoms with Crippen molar-refractivity contribution >= 4 is 18.3 Å². The first-order valence-electron chi connectivity index (χ1n) is 6.93. The Balaban J connectivity index is 0.00000220. The van der Waals surface area contributed by atoms with Crippen molar-refractivity contribution in [3.63, 3.8) is 0 Å². The fourth-order valence-corrected chi connectivity index (χ4v) is 2.27. The van der Waals surface area contributed by atoms with Crippen molar-refractivity contribution in [2.45, 2.75) is 18.3 Å². The highest BCUT2D eigenvalue weighted by Crippen LogP contribution is 2.48. The number of amides is 1. The van der Waals surface area contributed by atoms with Crippen LogP contribution in [0.3, 0.4) is 0 Å². The highest BCUT2D eigenvalue weighted by molar-refractivity contribution is 5.91. The van der Waals surface area contributed by atoms with Crippen LogP contribution in [0.15, 0.2) is 24.3 Å². The monoisotopic (exact) mass is 316 g/mol. The van der Waals surface area contributed by atoms with Gasteiger partial charge in [-0.1, -0.05) is 12.1 Å². The average molecular weight is 317 g/mol. The number of ether oxygens (including phenoxy) is 1. The average Bonchev–Trinajstić information content (AvgIpc) is 3.25. The molecule has 0 aromatic heterocycles. The lowest BCUT2D eigenvalue weighted by atomic mass is 9.95. The predicted octanol–water partition coefficient (Wildman–Crippen LogP) is 1.63. The normalized spacial score (nSPS) is 15.1. The Kier molecular flexibility index (Phi) is 7.08. The van der Waals surface area contributed by atoms with Crippen molar-refractivity contribution in [2.75, 3.05) is 33.4 Å². The highest BCUT2D eigenvalue weighted by atomic mass is 35.5. The SMILES string of the molecule is COCCNCCNC(=O)C1(c2ccc(F)cc2)CC1.Cl. The summed E-state index contributed by atoms with van der Waals surface area (Å²) in [6, 6.07) is 6.24. The van der Waals surface area contributed by atoms with E-state index in [1.807, 2.05) is 0 Å². The van der Waals surface area contributed by atoms with E-state index in [2.05, 4.69) is 10.6 Å². The van der Waals surface area contributed by atoms with Crippen LogP contribution in [0.2, 0.25) is 0 Å². The first kappa shape index (κ1) is 17.9. The quantitative estimate of drug-likeness (QED) is 0.717. The van der Waals surface area contributed by atoms with Crippen LogP contribution in [0.1, 0.15) is 18.4 Å². The van der Waals surface area contributed by atoms with Gasteiger partial charge < -0.3 is 15.4 Å². The molecule has 0 bridgehead atoms. The van der Waals surface area contributed by atoms with E-state index in [4.69, 9.17) is 4.74 Å². The maximum Gasteiger partial charge on any atom is 0.230 e. The molecule has 0 saturated heterocycles. The predicted molar refractivity (Wildman–Crippen MR) is 82.3 cm³/mol. The van der Waals surface area contributed by atoms with Crippen LogP contribution in [0, 0.1) is 5.82 Å². The summed E-state index contributed by atoms with van der Waals surface area (Å²) in [6.07, 6.45) is 1.67. The fourth-order valence-electron chi connectivity index (χ4n) is 2.27. The standard InChI is InChI=1S/C15H21FN2O2.ClH/c1-20-11-10-17-8-9-18-14(19)15(6-7-15)12-2-4-13(16)5-3-12;/h2-5,17H,6-11H2,1H3,(H,18,19);1H. The number of rotatable bonds is 8. The molecule has 2 N–H and O–H groups in total. The van der Waals surface area contributed by atoms with Gasteiger partial charge in [0.15, 0.2) is 0 Å². The van der Waals surface area contributed by atoms with E-state index in [0.29, 0.717) is 19.7 Å². The first-order valence-corrected chi connectivity index (χ1v) is 6.93. The summed E-state index contributed by atoms with van der Waals surface area (Å²) in [5.74, 6) is -0.232. The van der Waals surface area contributed by atoms with Gasteiger partial charge in [-0.2, -0.15) is 0 Å². The molecule has 0 unspecified atom stereocenters. The number of halogens is 2. The maximum atomic E-state index is 12.9. The minimum absolute atomic E-state index is 0. The molecular formula is C15H22ClFN2O2. The molecule has 2 rings (SSSR count). The number of methoxy groups -OCH3 is 1. The van der Waals surface area contributed by atoms with Gasteiger partial charge in [0.25, 0.3) is 0 Å². The molecule has 0 heterocycles. The minimum Gasteiger partial charge on any atom is -0.383 e. The molecule has 6 heteroatoms. The van der Waals surface area contributed by atoms with Crippen molar-refractivity contribution in [2.24, 2.45) is 0 Å². The Bertz CT molecular complexity index is 449. The van der Waals surface area contributed by atoms with Crippen molar-refractivity contribution in [1.29, 1.82) is 0 Å². The Morgan fingerprint density at radius 1 is 1.24 bits per heavy atom. The Labute approximate surface area is 130 Å². The molecule has 21 heavy (non-hydrogen) atoms. The summed E-state index contributed by atoms with van der Waals surface area (Å²) in [6.45, 7) is 2.74. The van der Waals surface area contributed by atoms with Gasteiger partial charge in [0.05, 0.1) is 12.0 Å². The molecule has 4 nitrogen and oxygen atoms in total. The Hall–Kier alpha value is -1.17. The zero-order valence-corrected chi connectivity index (χ0v) is 13.0. The van der Waals surface area contributed by atoms with Crippen LogP contribution in [0.25, 0.3) is 0 Å². The highest BCUT2D eigenvalue weighted by Gasteiger charge is 2.50. The van der Waals surface area contributed by atoms with Crippen molar-refractivity contribution in [3.05, 3.63) is 35.6 Å². The summed E-state index contributed by atoms with van der Waals surface area (Å²) >= 11 is 0. The Morgan fingerprint density at radius 3 is 2.48 bits per heavy atom. The molecule has 0 atom stereocenters. The fraction of sp³-hybridized carbons (Fsp3) is 0.533. The third-order valence-corrected chi connectivity index (χ3v) is 3.65. The van der Waals surface area contributed by atoms with Crippen molar-refractivity contribution < 1.29 is 13.9 Å². The summed E-state index contributed by atoms with van der Waals surface area (Å²) in [5, 5.41) is 6.11. The van der Waals surface area contributed by atoms with Gasteiger partial charge in [-0.3, -0.25) is 4.79 Å². The van der Waals surface area contributed by atoms with E-state index in [0.717, 1.165) is 24.9 Å². The van der Waals surface area contributed by atoms with Gasteiger partial charge in [-0.25, -0.2) is 4.39 Å². The van der Waals surface area contributed by atoms with Gasteiger partial charge in [0.2, 0.25) is 5.91 Å². The largest absolute Gasteiger partial charge is 0.383 e. The van der Waals surface area contributed by atoms with E-state index < -0.39 is 5.41 Å². The summed E-state index contributed by atoms with van der Waals surface area (Å²) in [4.78, 5) is 12.2. The zero-order valence-electron chi connectivity index (χ0n) is 12.2. The lowest BCUT2D eigenvalue weighted by Crippen LogP contribution is -2.39. The smallest absolute Gasteiger partial charge is 0.230 e. The van der Waals surface area contributed by atoms with Crippen LogP contribution < -0.4 is 10.6 Å². The summed E-state index contributed by atoms with van der Waals surface area (Å²) < 4.78 is 17.8. The maximum absolute atomic E-state index is 12.9. The second-order valence-electron chi connectivity index (χ2n) is 5.09. The number of benzene rings is 1. The summed E-state index contributed by atoms with van der Waals surface area (Å²) in [5.41, 5.74) is 0.476. The van der Waals surface area contributed by atoms with Crippen molar-refractivity contribution in [3.8, 4) is 0 Å². The van der Waals surface area contributed by atoms with Gasteiger partial charge >= 0.3 is 0 Å². The molecule has 0 spiro atoms. The first-order chi connectivity index (χ1) is 9.69. The minimum atomic E-state index is -0.430. The number of carbonyl (C=O) groups is 1. The molecular weight excluding hydrogens is 295 g/mol. The van der Waals surface area contributed by atoms with Crippen LogP contribution >= 0.6 is 12.4 Å². The number of nitrogens with one attached hydrogen (secondary N) is 2. The third-order valence-electron chi connectivity index (χ3n) is 3.65. The topological polar surface area (TPSA) is 50.4 Å². The van der Waals surface area contributed by atoms with Crippen LogP contribution in [0.5, 0.6) is 0 Å². The molecule has 1 aromatic rings. The number of hydrogen-bond donors (Lipinski definition) is 2. The lowest BCUT2D eigenvalue weighted by Gasteiger charge is -2.16. The molecule has 1 aromatic carbocycles. The van der Waals surface area contributed by atoms with Crippen LogP contribution in [0.4, 0.5) is 4.39 Å². The van der Waals surface area contributed by atoms with E-state index in [1.54, 1.807) is 19.2 Å². The second kappa shape index (κ2) is 8.32. The summed E-state index contributed by atoms with van der Waals surface area (Å²) in [7, 11) is 1.66. The number of carbonyl (C=O) groups excluding carboxylic acids is 1. The molecule has 0 aliphatic heterocycles. The molecule has 1 aliphatic rings. The van der Waals surface area contributed by atoms with Gasteiger partial charge in [0.1, 0.15) is 5.82 Å². The van der Waals surface area contributed by atoms with Crippen LogP contribution in [-0.4, -0.2) is 39.3 Å². The third kappa shape index (κ3) is 4.66. The van der Waals surface area contributed by atoms with Gasteiger partial charge in [0, 0.05) is 26.7 Å². The zero-order chi connectivity index (χ0) is 14.4. The lowest BCUT2D eigenvalue weighted by molar-refractivity contribution is -0.123. The van der Waals surface area contributed by atoms with Crippen LogP contribution in [-0.2, 0) is 14.9 Å². The van der Waals surface area contributed by atoms with Crippen molar-refractivity contribution in [1.82, 2.24) is 10.6 Å². The van der Waals surface area contributed by atoms with E-state index >= 15 is 0 Å². The molecule has 1 amide bonds. The van der Waals surface area contributed by atoms with Gasteiger partial charge in [-0.05, 0) is 30.5 Å². The van der Waals surface area contributed by atoms with E-state index in [9.17, 15) is 9.18 Å². The van der Waals surface area contributed by atoms with E-state index in [-0.39, 0.29) is 24.1 Å². The molecule has 1 aliphatic carbocycles. The van der Waals surface area contributed by atoms with E-state index in [1.165, 1.54) is 12.1 Å². The second-order valence-corrected chi connectivity index (χ2v) is 5.09. The number of hydrogen-bond acceptors (Lipinski definition) is 3. The molecule has 0 radical (unpaired) electrons. The van der Waals surface area contributed by atoms with Gasteiger partial charge in [-0.15, -0.1) is 12.4 Å².